The zero-order chi connectivity index (χ0) is 14.8. The summed E-state index contributed by atoms with van der Waals surface area (Å²) in [6, 6.07) is 12.8. The molecular weight excluding hydrogens is 287 g/mol. The van der Waals surface area contributed by atoms with Gasteiger partial charge in [-0.05, 0) is 55.6 Å². The zero-order valence-corrected chi connectivity index (χ0v) is 12.6. The van der Waals surface area contributed by atoms with Gasteiger partial charge in [0, 0.05) is 6.04 Å². The molecule has 3 nitrogen and oxygen atoms in total. The standard InChI is InChI=1S/C16H15FN2OS/c1-10(18-2)11-7-8-15(12(17)9-11)21-16-19-13-5-3-4-6-14(13)20-16/h3-10,18H,1-2H3. The molecule has 1 aromatic heterocycles. The summed E-state index contributed by atoms with van der Waals surface area (Å²) in [5.41, 5.74) is 2.40. The fraction of sp³-hybridized carbons (Fsp3) is 0.188. The third-order valence-corrected chi connectivity index (χ3v) is 4.26. The summed E-state index contributed by atoms with van der Waals surface area (Å²) >= 11 is 1.19. The third kappa shape index (κ3) is 2.94. The van der Waals surface area contributed by atoms with Crippen molar-refractivity contribution < 1.29 is 8.81 Å². The lowest BCUT2D eigenvalue weighted by Crippen LogP contribution is -2.12. The van der Waals surface area contributed by atoms with E-state index in [9.17, 15) is 4.39 Å². The first-order valence-corrected chi connectivity index (χ1v) is 7.49. The van der Waals surface area contributed by atoms with Gasteiger partial charge in [-0.25, -0.2) is 9.37 Å². The van der Waals surface area contributed by atoms with Crippen LogP contribution < -0.4 is 5.32 Å². The molecule has 3 rings (SSSR count). The first-order valence-electron chi connectivity index (χ1n) is 6.67. The van der Waals surface area contributed by atoms with Crippen LogP contribution in [0.25, 0.3) is 11.1 Å². The molecule has 3 aromatic rings. The van der Waals surface area contributed by atoms with Gasteiger partial charge in [-0.15, -0.1) is 0 Å². The summed E-state index contributed by atoms with van der Waals surface area (Å²) in [5, 5.41) is 3.54. The van der Waals surface area contributed by atoms with Crippen molar-refractivity contribution in [2.75, 3.05) is 7.05 Å². The number of para-hydroxylation sites is 2. The molecule has 0 fully saturated rings. The SMILES string of the molecule is CNC(C)c1ccc(Sc2nc3ccccc3o2)c(F)c1. The molecule has 0 saturated carbocycles. The number of nitrogens with zero attached hydrogens (tertiary/aromatic N) is 1. The van der Waals surface area contributed by atoms with Crippen molar-refractivity contribution in [2.24, 2.45) is 0 Å². The number of oxazole rings is 1. The van der Waals surface area contributed by atoms with E-state index in [1.807, 2.05) is 44.3 Å². The number of nitrogens with one attached hydrogen (secondary N) is 1. The van der Waals surface area contributed by atoms with Gasteiger partial charge >= 0.3 is 0 Å². The van der Waals surface area contributed by atoms with E-state index in [0.29, 0.717) is 15.7 Å². The molecule has 5 heteroatoms. The van der Waals surface area contributed by atoms with Crippen molar-refractivity contribution in [3.05, 3.63) is 53.8 Å². The maximum absolute atomic E-state index is 14.2. The van der Waals surface area contributed by atoms with Crippen molar-refractivity contribution >= 4 is 22.9 Å². The number of hydrogen-bond donors (Lipinski definition) is 1. The fourth-order valence-electron chi connectivity index (χ4n) is 2.02. The molecule has 0 aliphatic rings. The predicted octanol–water partition coefficient (Wildman–Crippen LogP) is 4.40. The van der Waals surface area contributed by atoms with E-state index in [1.54, 1.807) is 12.1 Å². The topological polar surface area (TPSA) is 38.1 Å². The molecule has 0 spiro atoms. The van der Waals surface area contributed by atoms with Gasteiger partial charge in [-0.2, -0.15) is 0 Å². The second-order valence-corrected chi connectivity index (χ2v) is 5.74. The number of hydrogen-bond acceptors (Lipinski definition) is 4. The minimum absolute atomic E-state index is 0.114. The third-order valence-electron chi connectivity index (χ3n) is 3.36. The van der Waals surface area contributed by atoms with Crippen LogP contribution >= 0.6 is 11.8 Å². The molecule has 1 unspecified atom stereocenters. The van der Waals surface area contributed by atoms with E-state index in [4.69, 9.17) is 4.42 Å². The van der Waals surface area contributed by atoms with Gasteiger partial charge in [0.05, 0.1) is 4.90 Å². The second-order valence-electron chi connectivity index (χ2n) is 4.75. The molecule has 0 saturated heterocycles. The molecule has 1 heterocycles. The Morgan fingerprint density at radius 2 is 2.05 bits per heavy atom. The summed E-state index contributed by atoms with van der Waals surface area (Å²) in [4.78, 5) is 4.85. The second kappa shape index (κ2) is 5.87. The normalized spacial score (nSPS) is 12.7. The van der Waals surface area contributed by atoms with Gasteiger partial charge in [-0.1, -0.05) is 18.2 Å². The molecule has 108 valence electrons. The molecule has 0 radical (unpaired) electrons. The Balaban J connectivity index is 1.87. The van der Waals surface area contributed by atoms with E-state index >= 15 is 0 Å². The van der Waals surface area contributed by atoms with Crippen LogP contribution in [-0.2, 0) is 0 Å². The van der Waals surface area contributed by atoms with E-state index in [0.717, 1.165) is 11.1 Å². The Morgan fingerprint density at radius 1 is 1.24 bits per heavy atom. The van der Waals surface area contributed by atoms with Crippen LogP contribution in [0.3, 0.4) is 0 Å². The van der Waals surface area contributed by atoms with Crippen LogP contribution in [-0.4, -0.2) is 12.0 Å². The van der Waals surface area contributed by atoms with Crippen molar-refractivity contribution in [2.45, 2.75) is 23.1 Å². The number of fused-ring (bicyclic) bond motifs is 1. The molecule has 2 aromatic carbocycles. The van der Waals surface area contributed by atoms with Crippen LogP contribution in [0.1, 0.15) is 18.5 Å². The van der Waals surface area contributed by atoms with E-state index in [1.165, 1.54) is 11.8 Å². The minimum atomic E-state index is -0.262. The first-order chi connectivity index (χ1) is 10.2. The van der Waals surface area contributed by atoms with Crippen molar-refractivity contribution in [3.63, 3.8) is 0 Å². The average Bonchev–Trinajstić information content (AvgIpc) is 2.90. The molecular formula is C16H15FN2OS. The Labute approximate surface area is 126 Å². The molecule has 0 amide bonds. The lowest BCUT2D eigenvalue weighted by molar-refractivity contribution is 0.488. The summed E-state index contributed by atoms with van der Waals surface area (Å²) in [6.45, 7) is 1.99. The van der Waals surface area contributed by atoms with Crippen molar-refractivity contribution in [3.8, 4) is 0 Å². The van der Waals surface area contributed by atoms with Gasteiger partial charge in [0.25, 0.3) is 5.22 Å². The summed E-state index contributed by atoms with van der Waals surface area (Å²) < 4.78 is 19.8. The van der Waals surface area contributed by atoms with Gasteiger partial charge < -0.3 is 9.73 Å². The smallest absolute Gasteiger partial charge is 0.261 e. The number of aromatic nitrogens is 1. The Kier molecular flexibility index (Phi) is 3.94. The molecule has 0 aliphatic heterocycles. The van der Waals surface area contributed by atoms with Gasteiger partial charge in [0.2, 0.25) is 0 Å². The number of halogens is 1. The van der Waals surface area contributed by atoms with Crippen LogP contribution in [0.5, 0.6) is 0 Å². The monoisotopic (exact) mass is 302 g/mol. The summed E-state index contributed by atoms with van der Waals surface area (Å²) in [6.07, 6.45) is 0. The highest BCUT2D eigenvalue weighted by atomic mass is 32.2. The first kappa shape index (κ1) is 14.1. The van der Waals surface area contributed by atoms with Crippen LogP contribution in [0.4, 0.5) is 4.39 Å². The predicted molar refractivity (Wildman–Crippen MR) is 82.0 cm³/mol. The highest BCUT2D eigenvalue weighted by Crippen LogP contribution is 2.32. The lowest BCUT2D eigenvalue weighted by Gasteiger charge is -2.11. The maximum Gasteiger partial charge on any atom is 0.261 e. The quantitative estimate of drug-likeness (QED) is 0.775. The summed E-state index contributed by atoms with van der Waals surface area (Å²) in [7, 11) is 1.85. The molecule has 0 bridgehead atoms. The maximum atomic E-state index is 14.2. The van der Waals surface area contributed by atoms with Crippen LogP contribution in [0, 0.1) is 5.82 Å². The Bertz CT molecular complexity index is 739. The average molecular weight is 302 g/mol. The lowest BCUT2D eigenvalue weighted by atomic mass is 10.1. The van der Waals surface area contributed by atoms with Gasteiger partial charge in [0.15, 0.2) is 5.58 Å². The van der Waals surface area contributed by atoms with Crippen molar-refractivity contribution in [1.29, 1.82) is 0 Å². The van der Waals surface area contributed by atoms with Gasteiger partial charge in [-0.3, -0.25) is 0 Å². The highest BCUT2D eigenvalue weighted by Gasteiger charge is 2.12. The highest BCUT2D eigenvalue weighted by molar-refractivity contribution is 7.99. The molecule has 0 aliphatic carbocycles. The number of rotatable bonds is 4. The van der Waals surface area contributed by atoms with Gasteiger partial charge in [0.1, 0.15) is 11.3 Å². The molecule has 21 heavy (non-hydrogen) atoms. The Hall–Kier alpha value is -1.85. The minimum Gasteiger partial charge on any atom is -0.431 e. The Morgan fingerprint density at radius 3 is 2.76 bits per heavy atom. The van der Waals surface area contributed by atoms with E-state index in [2.05, 4.69) is 10.3 Å². The van der Waals surface area contributed by atoms with Crippen molar-refractivity contribution in [1.82, 2.24) is 10.3 Å². The van der Waals surface area contributed by atoms with E-state index < -0.39 is 0 Å². The van der Waals surface area contributed by atoms with Crippen LogP contribution in [0.2, 0.25) is 0 Å². The fourth-order valence-corrected chi connectivity index (χ4v) is 2.78. The summed E-state index contributed by atoms with van der Waals surface area (Å²) in [5.74, 6) is -0.262. The van der Waals surface area contributed by atoms with Crippen LogP contribution in [0.15, 0.2) is 57.0 Å². The van der Waals surface area contributed by atoms with E-state index in [-0.39, 0.29) is 11.9 Å². The largest absolute Gasteiger partial charge is 0.431 e. The number of benzene rings is 2. The molecule has 1 N–H and O–H groups in total. The zero-order valence-electron chi connectivity index (χ0n) is 11.8. The molecule has 1 atom stereocenters.